The number of carbonyl (C=O) groups excluding carboxylic acids is 1. The molecule has 0 radical (unpaired) electrons. The summed E-state index contributed by atoms with van der Waals surface area (Å²) in [6, 6.07) is 10.5. The van der Waals surface area contributed by atoms with Crippen LogP contribution in [0.3, 0.4) is 0 Å². The zero-order chi connectivity index (χ0) is 14.7. The molecule has 3 rings (SSSR count). The second-order valence-electron chi connectivity index (χ2n) is 4.15. The van der Waals surface area contributed by atoms with E-state index in [1.54, 1.807) is 42.6 Å². The van der Waals surface area contributed by atoms with Crippen molar-refractivity contribution >= 4 is 46.2 Å². The van der Waals surface area contributed by atoms with Crippen molar-refractivity contribution in [2.45, 2.75) is 5.22 Å². The number of benzene rings is 1. The van der Waals surface area contributed by atoms with Gasteiger partial charge in [0.2, 0.25) is 5.91 Å². The number of hydrogen-bond donors (Lipinski definition) is 1. The molecule has 0 saturated heterocycles. The van der Waals surface area contributed by atoms with E-state index in [1.807, 2.05) is 0 Å². The van der Waals surface area contributed by atoms with E-state index in [4.69, 9.17) is 16.0 Å². The van der Waals surface area contributed by atoms with Gasteiger partial charge in [-0.25, -0.2) is 4.98 Å². The summed E-state index contributed by atoms with van der Waals surface area (Å²) in [6.07, 6.45) is 1.65. The van der Waals surface area contributed by atoms with Gasteiger partial charge in [-0.2, -0.15) is 4.98 Å². The average Bonchev–Trinajstić information content (AvgIpc) is 2.90. The van der Waals surface area contributed by atoms with Gasteiger partial charge in [0, 0.05) is 16.9 Å². The van der Waals surface area contributed by atoms with Gasteiger partial charge in [0.15, 0.2) is 11.2 Å². The van der Waals surface area contributed by atoms with Gasteiger partial charge in [-0.3, -0.25) is 4.79 Å². The number of oxazole rings is 1. The second-order valence-corrected chi connectivity index (χ2v) is 5.51. The maximum atomic E-state index is 11.8. The van der Waals surface area contributed by atoms with Crippen molar-refractivity contribution in [3.05, 3.63) is 47.6 Å². The predicted molar refractivity (Wildman–Crippen MR) is 82.6 cm³/mol. The lowest BCUT2D eigenvalue weighted by molar-refractivity contribution is -0.113. The van der Waals surface area contributed by atoms with Crippen LogP contribution in [0.2, 0.25) is 5.02 Å². The van der Waals surface area contributed by atoms with E-state index in [2.05, 4.69) is 15.3 Å². The largest absolute Gasteiger partial charge is 0.430 e. The van der Waals surface area contributed by atoms with Crippen LogP contribution in [-0.2, 0) is 4.79 Å². The molecule has 0 aliphatic carbocycles. The Morgan fingerprint density at radius 3 is 2.86 bits per heavy atom. The molecule has 0 unspecified atom stereocenters. The van der Waals surface area contributed by atoms with Crippen LogP contribution in [-0.4, -0.2) is 21.6 Å². The summed E-state index contributed by atoms with van der Waals surface area (Å²) in [4.78, 5) is 20.1. The molecule has 0 aliphatic rings. The van der Waals surface area contributed by atoms with Crippen LogP contribution in [0.25, 0.3) is 11.2 Å². The van der Waals surface area contributed by atoms with E-state index in [1.165, 1.54) is 11.8 Å². The third-order valence-electron chi connectivity index (χ3n) is 2.60. The lowest BCUT2D eigenvalue weighted by Crippen LogP contribution is -2.13. The molecule has 0 aliphatic heterocycles. The van der Waals surface area contributed by atoms with Crippen molar-refractivity contribution in [1.82, 2.24) is 9.97 Å². The maximum Gasteiger partial charge on any atom is 0.258 e. The second kappa shape index (κ2) is 6.15. The molecule has 5 nitrogen and oxygen atoms in total. The highest BCUT2D eigenvalue weighted by Gasteiger charge is 2.09. The molecule has 0 fully saturated rings. The number of rotatable bonds is 4. The van der Waals surface area contributed by atoms with Gasteiger partial charge in [-0.15, -0.1) is 0 Å². The number of carbonyl (C=O) groups is 1. The number of aromatic nitrogens is 2. The maximum absolute atomic E-state index is 11.8. The molecule has 2 aromatic heterocycles. The lowest BCUT2D eigenvalue weighted by Gasteiger charge is -2.03. The smallest absolute Gasteiger partial charge is 0.258 e. The van der Waals surface area contributed by atoms with Crippen LogP contribution in [0.5, 0.6) is 0 Å². The minimum absolute atomic E-state index is 0.141. The molecule has 1 amide bonds. The van der Waals surface area contributed by atoms with Crippen molar-refractivity contribution in [2.24, 2.45) is 0 Å². The molecule has 3 aromatic rings. The Kier molecular flexibility index (Phi) is 4.08. The Hall–Kier alpha value is -2.05. The minimum atomic E-state index is -0.141. The number of amides is 1. The zero-order valence-corrected chi connectivity index (χ0v) is 12.3. The molecule has 2 heterocycles. The number of thioether (sulfide) groups is 1. The number of nitrogens with zero attached hydrogens (tertiary/aromatic N) is 2. The molecule has 0 bridgehead atoms. The van der Waals surface area contributed by atoms with E-state index in [-0.39, 0.29) is 11.7 Å². The van der Waals surface area contributed by atoms with E-state index in [0.29, 0.717) is 27.2 Å². The van der Waals surface area contributed by atoms with Gasteiger partial charge in [0.25, 0.3) is 5.22 Å². The highest BCUT2D eigenvalue weighted by molar-refractivity contribution is 7.99. The van der Waals surface area contributed by atoms with E-state index in [0.717, 1.165) is 0 Å². The van der Waals surface area contributed by atoms with Gasteiger partial charge in [-0.05, 0) is 36.4 Å². The van der Waals surface area contributed by atoms with Crippen molar-refractivity contribution in [3.8, 4) is 0 Å². The van der Waals surface area contributed by atoms with Gasteiger partial charge >= 0.3 is 0 Å². The number of nitrogens with one attached hydrogen (secondary N) is 1. The summed E-state index contributed by atoms with van der Waals surface area (Å²) in [5.41, 5.74) is 1.85. The molecular weight excluding hydrogens is 310 g/mol. The first-order valence-corrected chi connectivity index (χ1v) is 7.47. The molecular formula is C14H10ClN3O2S. The van der Waals surface area contributed by atoms with Crippen LogP contribution in [0.4, 0.5) is 5.69 Å². The Balaban J connectivity index is 1.59. The van der Waals surface area contributed by atoms with E-state index >= 15 is 0 Å². The Morgan fingerprint density at radius 2 is 2.10 bits per heavy atom. The molecule has 106 valence electrons. The Labute approximate surface area is 129 Å². The molecule has 1 N–H and O–H groups in total. The number of hydrogen-bond acceptors (Lipinski definition) is 5. The summed E-state index contributed by atoms with van der Waals surface area (Å²) in [6.45, 7) is 0. The van der Waals surface area contributed by atoms with Gasteiger partial charge in [0.1, 0.15) is 0 Å². The van der Waals surface area contributed by atoms with Crippen LogP contribution in [0.15, 0.2) is 52.2 Å². The summed E-state index contributed by atoms with van der Waals surface area (Å²) in [5, 5.41) is 3.82. The summed E-state index contributed by atoms with van der Waals surface area (Å²) >= 11 is 7.01. The normalized spacial score (nSPS) is 10.7. The molecule has 7 heteroatoms. The number of pyridine rings is 1. The fourth-order valence-corrected chi connectivity index (χ4v) is 2.42. The van der Waals surface area contributed by atoms with Crippen LogP contribution in [0.1, 0.15) is 0 Å². The van der Waals surface area contributed by atoms with Crippen molar-refractivity contribution in [2.75, 3.05) is 11.1 Å². The Bertz CT molecular complexity index is 740. The van der Waals surface area contributed by atoms with Crippen LogP contribution >= 0.6 is 23.4 Å². The fraction of sp³-hybridized carbons (Fsp3) is 0.0714. The predicted octanol–water partition coefficient (Wildman–Crippen LogP) is 3.61. The molecule has 0 saturated carbocycles. The topological polar surface area (TPSA) is 68.0 Å². The lowest BCUT2D eigenvalue weighted by atomic mass is 10.3. The van der Waals surface area contributed by atoms with E-state index < -0.39 is 0 Å². The molecule has 21 heavy (non-hydrogen) atoms. The quantitative estimate of drug-likeness (QED) is 0.744. The SMILES string of the molecule is O=C(CSc1nc2ncccc2o1)Nc1ccc(Cl)cc1. The first-order valence-electron chi connectivity index (χ1n) is 6.10. The van der Waals surface area contributed by atoms with Crippen molar-refractivity contribution < 1.29 is 9.21 Å². The number of halogens is 1. The highest BCUT2D eigenvalue weighted by atomic mass is 35.5. The van der Waals surface area contributed by atoms with Crippen LogP contribution in [0, 0.1) is 0 Å². The summed E-state index contributed by atoms with van der Waals surface area (Å²) < 4.78 is 5.48. The van der Waals surface area contributed by atoms with Crippen molar-refractivity contribution in [1.29, 1.82) is 0 Å². The monoisotopic (exact) mass is 319 g/mol. The molecule has 0 atom stereocenters. The Morgan fingerprint density at radius 1 is 1.29 bits per heavy atom. The number of anilines is 1. The fourth-order valence-electron chi connectivity index (χ4n) is 1.67. The third-order valence-corrected chi connectivity index (χ3v) is 3.68. The van der Waals surface area contributed by atoms with Crippen LogP contribution < -0.4 is 5.32 Å². The van der Waals surface area contributed by atoms with Gasteiger partial charge < -0.3 is 9.73 Å². The first-order chi connectivity index (χ1) is 10.2. The zero-order valence-electron chi connectivity index (χ0n) is 10.7. The average molecular weight is 320 g/mol. The third kappa shape index (κ3) is 3.53. The summed E-state index contributed by atoms with van der Waals surface area (Å²) in [7, 11) is 0. The summed E-state index contributed by atoms with van der Waals surface area (Å²) in [5.74, 6) is 0.0626. The number of fused-ring (bicyclic) bond motifs is 1. The van der Waals surface area contributed by atoms with E-state index in [9.17, 15) is 4.79 Å². The molecule has 1 aromatic carbocycles. The van der Waals surface area contributed by atoms with Gasteiger partial charge in [0.05, 0.1) is 5.75 Å². The minimum Gasteiger partial charge on any atom is -0.430 e. The van der Waals surface area contributed by atoms with Gasteiger partial charge in [-0.1, -0.05) is 23.4 Å². The standard InChI is InChI=1S/C14H10ClN3O2S/c15-9-3-5-10(6-4-9)17-12(19)8-21-14-18-13-11(20-14)2-1-7-16-13/h1-7H,8H2,(H,17,19). The highest BCUT2D eigenvalue weighted by Crippen LogP contribution is 2.22. The first kappa shape index (κ1) is 13.9. The molecule has 0 spiro atoms. The van der Waals surface area contributed by atoms with Crippen molar-refractivity contribution in [3.63, 3.8) is 0 Å².